The van der Waals surface area contributed by atoms with Crippen molar-refractivity contribution in [3.8, 4) is 0 Å². The summed E-state index contributed by atoms with van der Waals surface area (Å²) >= 11 is 3.63. The second kappa shape index (κ2) is 7.09. The molecule has 1 aliphatic heterocycles. The molecule has 1 amide bonds. The van der Waals surface area contributed by atoms with Gasteiger partial charge in [-0.05, 0) is 37.6 Å². The van der Waals surface area contributed by atoms with E-state index in [0.717, 1.165) is 36.9 Å². The third kappa shape index (κ3) is 3.52. The largest absolute Gasteiger partial charge is 0.371 e. The van der Waals surface area contributed by atoms with Gasteiger partial charge >= 0.3 is 0 Å². The van der Waals surface area contributed by atoms with Crippen molar-refractivity contribution in [3.05, 3.63) is 28.2 Å². The fourth-order valence-electron chi connectivity index (χ4n) is 2.67. The zero-order valence-corrected chi connectivity index (χ0v) is 13.7. The van der Waals surface area contributed by atoms with E-state index in [1.807, 2.05) is 7.05 Å². The predicted octanol–water partition coefficient (Wildman–Crippen LogP) is 2.13. The number of benzene rings is 1. The van der Waals surface area contributed by atoms with Crippen LogP contribution < -0.4 is 15.5 Å². The molecule has 1 aliphatic rings. The molecule has 1 saturated heterocycles. The van der Waals surface area contributed by atoms with Gasteiger partial charge in [-0.3, -0.25) is 4.79 Å². The first-order chi connectivity index (χ1) is 9.65. The Kier molecular flexibility index (Phi) is 5.43. The molecule has 1 aromatic rings. The minimum atomic E-state index is 0.170. The molecule has 0 aromatic heterocycles. The molecule has 5 heteroatoms. The van der Waals surface area contributed by atoms with Crippen molar-refractivity contribution in [2.75, 3.05) is 32.1 Å². The van der Waals surface area contributed by atoms with E-state index < -0.39 is 0 Å². The fraction of sp³-hybridized carbons (Fsp3) is 0.533. The summed E-state index contributed by atoms with van der Waals surface area (Å²) in [5.74, 6) is 0.346. The Bertz CT molecular complexity index is 470. The van der Waals surface area contributed by atoms with Gasteiger partial charge in [-0.1, -0.05) is 22.0 Å². The summed E-state index contributed by atoms with van der Waals surface area (Å²) in [7, 11) is 3.66. The Balaban J connectivity index is 2.00. The van der Waals surface area contributed by atoms with Crippen molar-refractivity contribution in [3.63, 3.8) is 0 Å². The summed E-state index contributed by atoms with van der Waals surface area (Å²) in [6, 6.07) is 6.49. The van der Waals surface area contributed by atoms with Crippen molar-refractivity contribution in [2.24, 2.45) is 5.92 Å². The number of hydrogen-bond acceptors (Lipinski definition) is 3. The summed E-state index contributed by atoms with van der Waals surface area (Å²) in [6.07, 6.45) is 1.85. The lowest BCUT2D eigenvalue weighted by Gasteiger charge is -2.33. The number of nitrogens with one attached hydrogen (secondary N) is 2. The second-order valence-corrected chi connectivity index (χ2v) is 6.04. The highest BCUT2D eigenvalue weighted by molar-refractivity contribution is 9.10. The maximum absolute atomic E-state index is 11.6. The van der Waals surface area contributed by atoms with Crippen molar-refractivity contribution >= 4 is 27.5 Å². The average Bonchev–Trinajstić information content (AvgIpc) is 2.49. The zero-order chi connectivity index (χ0) is 14.5. The molecular weight excluding hydrogens is 318 g/mol. The number of nitrogens with zero attached hydrogens (tertiary/aromatic N) is 1. The summed E-state index contributed by atoms with van der Waals surface area (Å²) in [4.78, 5) is 14.0. The van der Waals surface area contributed by atoms with Crippen LogP contribution in [0, 0.1) is 5.92 Å². The minimum absolute atomic E-state index is 0.170. The lowest BCUT2D eigenvalue weighted by atomic mass is 9.95. The number of carbonyl (C=O) groups is 1. The third-order valence-electron chi connectivity index (χ3n) is 3.88. The SMILES string of the molecule is CNCc1ccc(N2CCC(C(=O)NC)CC2)cc1Br. The normalized spacial score (nSPS) is 16.2. The molecule has 1 heterocycles. The minimum Gasteiger partial charge on any atom is -0.371 e. The Labute approximate surface area is 129 Å². The van der Waals surface area contributed by atoms with Gasteiger partial charge in [-0.25, -0.2) is 0 Å². The highest BCUT2D eigenvalue weighted by Crippen LogP contribution is 2.28. The molecule has 0 aliphatic carbocycles. The smallest absolute Gasteiger partial charge is 0.222 e. The highest BCUT2D eigenvalue weighted by Gasteiger charge is 2.24. The number of carbonyl (C=O) groups excluding carboxylic acids is 1. The van der Waals surface area contributed by atoms with Crippen LogP contribution >= 0.6 is 15.9 Å². The topological polar surface area (TPSA) is 44.4 Å². The number of hydrogen-bond donors (Lipinski definition) is 2. The van der Waals surface area contributed by atoms with Crippen molar-refractivity contribution in [1.82, 2.24) is 10.6 Å². The van der Waals surface area contributed by atoms with Gasteiger partial charge in [0.25, 0.3) is 0 Å². The first-order valence-corrected chi connectivity index (χ1v) is 7.84. The molecule has 20 heavy (non-hydrogen) atoms. The highest BCUT2D eigenvalue weighted by atomic mass is 79.9. The van der Waals surface area contributed by atoms with E-state index in [-0.39, 0.29) is 11.8 Å². The van der Waals surface area contributed by atoms with Gasteiger partial charge in [-0.2, -0.15) is 0 Å². The van der Waals surface area contributed by atoms with E-state index in [4.69, 9.17) is 0 Å². The number of piperidine rings is 1. The molecule has 0 radical (unpaired) electrons. The lowest BCUT2D eigenvalue weighted by molar-refractivity contribution is -0.125. The molecule has 2 N–H and O–H groups in total. The van der Waals surface area contributed by atoms with Crippen LogP contribution in [-0.4, -0.2) is 33.1 Å². The van der Waals surface area contributed by atoms with Gasteiger partial charge in [0.15, 0.2) is 0 Å². The molecular formula is C15H22BrN3O. The van der Waals surface area contributed by atoms with E-state index >= 15 is 0 Å². The average molecular weight is 340 g/mol. The van der Waals surface area contributed by atoms with Crippen LogP contribution in [0.25, 0.3) is 0 Å². The van der Waals surface area contributed by atoms with Crippen LogP contribution in [0.3, 0.4) is 0 Å². The van der Waals surface area contributed by atoms with Crippen molar-refractivity contribution in [1.29, 1.82) is 0 Å². The zero-order valence-electron chi connectivity index (χ0n) is 12.1. The van der Waals surface area contributed by atoms with Gasteiger partial charge in [0.1, 0.15) is 0 Å². The number of halogens is 1. The Morgan fingerprint density at radius 3 is 2.60 bits per heavy atom. The molecule has 4 nitrogen and oxygen atoms in total. The molecule has 0 bridgehead atoms. The molecule has 1 fully saturated rings. The molecule has 0 atom stereocenters. The lowest BCUT2D eigenvalue weighted by Crippen LogP contribution is -2.39. The standard InChI is InChI=1S/C15H22BrN3O/c1-17-10-12-3-4-13(9-14(12)16)19-7-5-11(6-8-19)15(20)18-2/h3-4,9,11,17H,5-8,10H2,1-2H3,(H,18,20). The van der Waals surface area contributed by atoms with Gasteiger partial charge in [0, 0.05) is 42.8 Å². The second-order valence-electron chi connectivity index (χ2n) is 5.18. The van der Waals surface area contributed by atoms with Crippen LogP contribution in [0.1, 0.15) is 18.4 Å². The van der Waals surface area contributed by atoms with E-state index in [0.29, 0.717) is 0 Å². The molecule has 1 aromatic carbocycles. The van der Waals surface area contributed by atoms with E-state index in [9.17, 15) is 4.79 Å². The first-order valence-electron chi connectivity index (χ1n) is 7.05. The van der Waals surface area contributed by atoms with Gasteiger partial charge in [-0.15, -0.1) is 0 Å². The Hall–Kier alpha value is -1.07. The van der Waals surface area contributed by atoms with E-state index in [1.165, 1.54) is 11.3 Å². The molecule has 110 valence electrons. The monoisotopic (exact) mass is 339 g/mol. The number of amides is 1. The van der Waals surface area contributed by atoms with Gasteiger partial charge in [0.05, 0.1) is 0 Å². The summed E-state index contributed by atoms with van der Waals surface area (Å²) in [5.41, 5.74) is 2.49. The summed E-state index contributed by atoms with van der Waals surface area (Å²) < 4.78 is 1.14. The molecule has 0 unspecified atom stereocenters. The molecule has 0 spiro atoms. The maximum atomic E-state index is 11.6. The van der Waals surface area contributed by atoms with Crippen molar-refractivity contribution in [2.45, 2.75) is 19.4 Å². The first kappa shape index (κ1) is 15.3. The fourth-order valence-corrected chi connectivity index (χ4v) is 3.18. The quantitative estimate of drug-likeness (QED) is 0.883. The van der Waals surface area contributed by atoms with E-state index in [1.54, 1.807) is 7.05 Å². The van der Waals surface area contributed by atoms with Crippen LogP contribution in [0.2, 0.25) is 0 Å². The maximum Gasteiger partial charge on any atom is 0.222 e. The molecule has 0 saturated carbocycles. The Morgan fingerprint density at radius 2 is 2.05 bits per heavy atom. The molecule has 2 rings (SSSR count). The summed E-state index contributed by atoms with van der Waals surface area (Å²) in [5, 5.41) is 5.91. The van der Waals surface area contributed by atoms with Crippen LogP contribution in [0.5, 0.6) is 0 Å². The van der Waals surface area contributed by atoms with Crippen LogP contribution in [0.15, 0.2) is 22.7 Å². The summed E-state index contributed by atoms with van der Waals surface area (Å²) in [6.45, 7) is 2.74. The van der Waals surface area contributed by atoms with Crippen LogP contribution in [0.4, 0.5) is 5.69 Å². The van der Waals surface area contributed by atoms with Gasteiger partial charge < -0.3 is 15.5 Å². The van der Waals surface area contributed by atoms with E-state index in [2.05, 4.69) is 49.7 Å². The Morgan fingerprint density at radius 1 is 1.35 bits per heavy atom. The predicted molar refractivity (Wildman–Crippen MR) is 85.9 cm³/mol. The van der Waals surface area contributed by atoms with Crippen LogP contribution in [-0.2, 0) is 11.3 Å². The van der Waals surface area contributed by atoms with Gasteiger partial charge in [0.2, 0.25) is 5.91 Å². The number of anilines is 1. The van der Waals surface area contributed by atoms with Crippen molar-refractivity contribution < 1.29 is 4.79 Å². The third-order valence-corrected chi connectivity index (χ3v) is 4.62. The number of rotatable bonds is 4.